The molecule has 0 radical (unpaired) electrons. The van der Waals surface area contributed by atoms with Gasteiger partial charge in [0.05, 0.1) is 54.8 Å². The Bertz CT molecular complexity index is 1410. The van der Waals surface area contributed by atoms with Crippen LogP contribution in [0.15, 0.2) is 24.3 Å². The second-order valence-corrected chi connectivity index (χ2v) is 15.6. The third-order valence-electron chi connectivity index (χ3n) is 11.2. The van der Waals surface area contributed by atoms with E-state index in [2.05, 4.69) is 16.0 Å². The van der Waals surface area contributed by atoms with Crippen LogP contribution in [0.5, 0.6) is 0 Å². The maximum absolute atomic E-state index is 14.5. The van der Waals surface area contributed by atoms with Crippen molar-refractivity contribution in [3.63, 3.8) is 0 Å². The van der Waals surface area contributed by atoms with Crippen molar-refractivity contribution >= 4 is 29.4 Å². The molecule has 1 unspecified atom stereocenters. The molecule has 0 aliphatic carbocycles. The topological polar surface area (TPSA) is 156 Å². The van der Waals surface area contributed by atoms with E-state index in [1.54, 1.807) is 37.9 Å². The molecule has 1 aromatic carbocycles. The Balaban J connectivity index is 2.35. The number of benzene rings is 1. The summed E-state index contributed by atoms with van der Waals surface area (Å²) in [4.78, 5) is 71.3. The largest absolute Gasteiger partial charge is 0.380 e. The number of likely N-dealkylation sites (N-methyl/N-ethyl adjacent to an activating group) is 2. The van der Waals surface area contributed by atoms with Crippen molar-refractivity contribution in [2.75, 3.05) is 48.5 Å². The molecule has 14 heteroatoms. The number of carbonyl (C=O) groups excluding carboxylic acids is 5. The number of hydrogen-bond acceptors (Lipinski definition) is 9. The molecule has 306 valence electrons. The molecule has 1 aromatic rings. The summed E-state index contributed by atoms with van der Waals surface area (Å²) in [5.41, 5.74) is -0.729. The first-order chi connectivity index (χ1) is 25.3. The Morgan fingerprint density at radius 3 is 2.02 bits per heavy atom. The van der Waals surface area contributed by atoms with Crippen LogP contribution in [0.1, 0.15) is 85.0 Å². The Morgan fingerprint density at radius 1 is 0.944 bits per heavy atom. The van der Waals surface area contributed by atoms with Crippen molar-refractivity contribution in [3.8, 4) is 0 Å². The summed E-state index contributed by atoms with van der Waals surface area (Å²) in [5, 5.41) is 8.68. The number of rotatable bonds is 21. The zero-order chi connectivity index (χ0) is 41.1. The number of nitrogens with zero attached hydrogens (tertiary/aromatic N) is 2. The number of ketones is 1. The minimum absolute atomic E-state index is 0.00784. The molecule has 13 nitrogen and oxygen atoms in total. The van der Waals surface area contributed by atoms with Crippen LogP contribution in [0, 0.1) is 29.5 Å². The maximum Gasteiger partial charge on any atom is 0.245 e. The fourth-order valence-electron chi connectivity index (χ4n) is 7.82. The summed E-state index contributed by atoms with van der Waals surface area (Å²) in [6.07, 6.45) is -0.850. The molecular weight excluding hydrogens is 697 g/mol. The Hall–Kier alpha value is -3.46. The zero-order valence-corrected chi connectivity index (χ0v) is 34.7. The van der Waals surface area contributed by atoms with Crippen LogP contribution in [0.4, 0.5) is 4.39 Å². The number of likely N-dealkylation sites (tertiary alicyclic amines) is 1. The molecule has 1 aliphatic heterocycles. The highest BCUT2D eigenvalue weighted by atomic mass is 19.1. The molecule has 4 amide bonds. The van der Waals surface area contributed by atoms with Crippen molar-refractivity contribution in [3.05, 3.63) is 35.6 Å². The van der Waals surface area contributed by atoms with Gasteiger partial charge < -0.3 is 40.0 Å². The van der Waals surface area contributed by atoms with Crippen LogP contribution < -0.4 is 16.0 Å². The van der Waals surface area contributed by atoms with E-state index in [9.17, 15) is 28.4 Å². The smallest absolute Gasteiger partial charge is 0.245 e. The number of halogens is 1. The average molecular weight is 764 g/mol. The van der Waals surface area contributed by atoms with Crippen molar-refractivity contribution in [2.24, 2.45) is 23.7 Å². The van der Waals surface area contributed by atoms with Crippen LogP contribution in [0.3, 0.4) is 0 Å². The van der Waals surface area contributed by atoms with E-state index >= 15 is 0 Å². The molecule has 1 heterocycles. The lowest BCUT2D eigenvalue weighted by atomic mass is 9.82. The summed E-state index contributed by atoms with van der Waals surface area (Å²) >= 11 is 0. The van der Waals surface area contributed by atoms with Gasteiger partial charge in [0.1, 0.15) is 11.9 Å². The minimum Gasteiger partial charge on any atom is -0.380 e. The molecule has 2 rings (SSSR count). The van der Waals surface area contributed by atoms with Crippen LogP contribution in [0.25, 0.3) is 0 Å². The average Bonchev–Trinajstić information content (AvgIpc) is 3.49. The highest BCUT2D eigenvalue weighted by Crippen LogP contribution is 2.39. The van der Waals surface area contributed by atoms with E-state index in [0.717, 1.165) is 0 Å². The first kappa shape index (κ1) is 46.7. The Labute approximate surface area is 321 Å². The summed E-state index contributed by atoms with van der Waals surface area (Å²) in [5.74, 6) is -3.16. The number of carbonyl (C=O) groups is 5. The zero-order valence-electron chi connectivity index (χ0n) is 34.7. The van der Waals surface area contributed by atoms with Gasteiger partial charge in [-0.2, -0.15) is 0 Å². The molecule has 0 aromatic heterocycles. The van der Waals surface area contributed by atoms with Gasteiger partial charge in [0.2, 0.25) is 23.6 Å². The summed E-state index contributed by atoms with van der Waals surface area (Å²) in [7, 11) is 7.98. The van der Waals surface area contributed by atoms with Crippen molar-refractivity contribution in [1.82, 2.24) is 25.8 Å². The normalized spacial score (nSPS) is 21.2. The lowest BCUT2D eigenvalue weighted by Crippen LogP contribution is -2.60. The summed E-state index contributed by atoms with van der Waals surface area (Å²) in [6, 6.07) is 3.29. The van der Waals surface area contributed by atoms with Gasteiger partial charge in [0.15, 0.2) is 5.78 Å². The minimum atomic E-state index is -0.997. The lowest BCUT2D eigenvalue weighted by molar-refractivity contribution is -0.152. The van der Waals surface area contributed by atoms with Gasteiger partial charge in [-0.15, -0.1) is 0 Å². The van der Waals surface area contributed by atoms with E-state index in [4.69, 9.17) is 14.2 Å². The van der Waals surface area contributed by atoms with E-state index in [0.29, 0.717) is 12.8 Å². The molecule has 0 spiro atoms. The summed E-state index contributed by atoms with van der Waals surface area (Å²) in [6.45, 7) is 15.1. The van der Waals surface area contributed by atoms with Crippen LogP contribution >= 0.6 is 0 Å². The van der Waals surface area contributed by atoms with E-state index in [1.807, 2.05) is 48.5 Å². The van der Waals surface area contributed by atoms with Crippen LogP contribution in [-0.4, -0.2) is 130 Å². The number of Topliss-reactive ketones (excluding diaryl/α,β-unsaturated/α-hetero) is 1. The van der Waals surface area contributed by atoms with E-state index in [1.165, 1.54) is 38.5 Å². The van der Waals surface area contributed by atoms with Gasteiger partial charge in [0, 0.05) is 46.9 Å². The molecule has 9 atom stereocenters. The number of methoxy groups -OCH3 is 3. The SMILES string of the molecule is CCC(C)[C@@H]([C@@H](CC(=O)N1C[C@H](OC)C[C@@]1(C)[C@H](OC)[C@@H](C)C(=O)NCC(=O)c1ccc(F)cc1)OC)N(C)C(=O)[C@@H](NC(=O)[C@@H](NC)C(C)C)C(C)C. The Morgan fingerprint density at radius 2 is 1.54 bits per heavy atom. The third kappa shape index (κ3) is 11.3. The molecular formula is C40H66FN5O8. The predicted molar refractivity (Wildman–Crippen MR) is 205 cm³/mol. The lowest BCUT2D eigenvalue weighted by Gasteiger charge is -2.44. The van der Waals surface area contributed by atoms with Crippen molar-refractivity contribution in [2.45, 2.75) is 117 Å². The second kappa shape index (κ2) is 21.0. The molecule has 54 heavy (non-hydrogen) atoms. The van der Waals surface area contributed by atoms with Gasteiger partial charge in [-0.3, -0.25) is 24.0 Å². The van der Waals surface area contributed by atoms with Gasteiger partial charge in [-0.05, 0) is 56.0 Å². The molecule has 1 saturated heterocycles. The summed E-state index contributed by atoms with van der Waals surface area (Å²) < 4.78 is 31.1. The fourth-order valence-corrected chi connectivity index (χ4v) is 7.82. The molecule has 0 saturated carbocycles. The first-order valence-corrected chi connectivity index (χ1v) is 19.0. The molecule has 1 fully saturated rings. The predicted octanol–water partition coefficient (Wildman–Crippen LogP) is 3.44. The van der Waals surface area contributed by atoms with Gasteiger partial charge in [0.25, 0.3) is 0 Å². The first-order valence-electron chi connectivity index (χ1n) is 19.0. The Kier molecular flexibility index (Phi) is 18.2. The van der Waals surface area contributed by atoms with Gasteiger partial charge in [-0.1, -0.05) is 54.9 Å². The standard InChI is InChI=1S/C40H66FN5O8/c1-14-25(6)35(45(10)39(51)34(24(4)5)44-38(50)33(42-9)23(2)3)31(53-12)19-32(48)46-22-29(52-11)20-40(46,8)36(54-13)26(7)37(49)43-21-30(47)27-15-17-28(41)18-16-27/h15-18,23-26,29,31,33-36,42H,14,19-22H2,1-13H3,(H,43,49)(H,44,50)/t25?,26-,29-,31-,33+,34+,35+,36-,40+/m1/s1. The van der Waals surface area contributed by atoms with E-state index in [-0.39, 0.29) is 72.4 Å². The van der Waals surface area contributed by atoms with Crippen LogP contribution in [-0.2, 0) is 33.4 Å². The molecule has 1 aliphatic rings. The highest BCUT2D eigenvalue weighted by Gasteiger charge is 2.53. The number of amides is 4. The van der Waals surface area contributed by atoms with E-state index < -0.39 is 53.5 Å². The monoisotopic (exact) mass is 763 g/mol. The number of ether oxygens (including phenoxy) is 3. The number of nitrogens with one attached hydrogen (secondary N) is 3. The highest BCUT2D eigenvalue weighted by molar-refractivity contribution is 5.99. The maximum atomic E-state index is 14.5. The quantitative estimate of drug-likeness (QED) is 0.160. The van der Waals surface area contributed by atoms with Crippen molar-refractivity contribution in [1.29, 1.82) is 0 Å². The van der Waals surface area contributed by atoms with Crippen molar-refractivity contribution < 1.29 is 42.6 Å². The third-order valence-corrected chi connectivity index (χ3v) is 11.2. The second-order valence-electron chi connectivity index (χ2n) is 15.6. The fraction of sp³-hybridized carbons (Fsp3) is 0.725. The molecule has 3 N–H and O–H groups in total. The van der Waals surface area contributed by atoms with Gasteiger partial charge >= 0.3 is 0 Å². The molecule has 0 bridgehead atoms. The van der Waals surface area contributed by atoms with Crippen LogP contribution in [0.2, 0.25) is 0 Å². The van der Waals surface area contributed by atoms with Gasteiger partial charge in [-0.25, -0.2) is 4.39 Å². The number of hydrogen-bond donors (Lipinski definition) is 3.